The Hall–Kier alpha value is -3.51. The third-order valence-corrected chi connectivity index (χ3v) is 5.35. The van der Waals surface area contributed by atoms with Crippen LogP contribution in [0.25, 0.3) is 11.0 Å². The second kappa shape index (κ2) is 10.2. The van der Waals surface area contributed by atoms with Gasteiger partial charge in [0, 0.05) is 11.6 Å². The molecule has 0 spiro atoms. The quantitative estimate of drug-likeness (QED) is 0.361. The maximum absolute atomic E-state index is 12.7. The summed E-state index contributed by atoms with van der Waals surface area (Å²) in [4.78, 5) is 17.4. The zero-order valence-corrected chi connectivity index (χ0v) is 18.5. The number of rotatable bonds is 9. The smallest absolute Gasteiger partial charge is 0.255 e. The number of halogens is 1. The summed E-state index contributed by atoms with van der Waals surface area (Å²) < 4.78 is 13.2. The summed E-state index contributed by atoms with van der Waals surface area (Å²) in [5, 5.41) is 3.65. The first-order valence-electron chi connectivity index (χ1n) is 10.4. The van der Waals surface area contributed by atoms with Crippen LogP contribution in [0.4, 0.5) is 0 Å². The third-order valence-electron chi connectivity index (χ3n) is 5.10. The van der Waals surface area contributed by atoms with Crippen molar-refractivity contribution in [1.82, 2.24) is 14.9 Å². The summed E-state index contributed by atoms with van der Waals surface area (Å²) >= 11 is 5.92. The molecule has 0 radical (unpaired) electrons. The summed E-state index contributed by atoms with van der Waals surface area (Å²) in [7, 11) is 1.55. The van der Waals surface area contributed by atoms with Gasteiger partial charge in [-0.3, -0.25) is 4.79 Å². The van der Waals surface area contributed by atoms with Gasteiger partial charge in [0.05, 0.1) is 36.9 Å². The molecule has 0 saturated heterocycles. The predicted molar refractivity (Wildman–Crippen MR) is 125 cm³/mol. The molecule has 0 aliphatic carbocycles. The fourth-order valence-corrected chi connectivity index (χ4v) is 3.67. The maximum atomic E-state index is 12.7. The number of imidazole rings is 1. The SMILES string of the molecule is COc1ccccc1C(=O)NCc1nc2ccccc2n1CCCOc1ccc(Cl)cc1. The number of methoxy groups -OCH3 is 1. The Labute approximate surface area is 191 Å². The number of fused-ring (bicyclic) bond motifs is 1. The highest BCUT2D eigenvalue weighted by Gasteiger charge is 2.14. The Morgan fingerprint density at radius 2 is 1.78 bits per heavy atom. The van der Waals surface area contributed by atoms with Crippen LogP contribution in [-0.2, 0) is 13.1 Å². The highest BCUT2D eigenvalue weighted by Crippen LogP contribution is 2.20. The van der Waals surface area contributed by atoms with Crippen molar-refractivity contribution in [2.45, 2.75) is 19.5 Å². The summed E-state index contributed by atoms with van der Waals surface area (Å²) in [6.07, 6.45) is 0.788. The van der Waals surface area contributed by atoms with Gasteiger partial charge in [0.25, 0.3) is 5.91 Å². The number of aromatic nitrogens is 2. The molecule has 0 atom stereocenters. The number of carbonyl (C=O) groups excluding carboxylic acids is 1. The number of aryl methyl sites for hydroxylation is 1. The van der Waals surface area contributed by atoms with Gasteiger partial charge in [0.1, 0.15) is 17.3 Å². The summed E-state index contributed by atoms with van der Waals surface area (Å²) in [5.41, 5.74) is 2.42. The van der Waals surface area contributed by atoms with Gasteiger partial charge in [0.2, 0.25) is 0 Å². The van der Waals surface area contributed by atoms with Crippen molar-refractivity contribution in [3.63, 3.8) is 0 Å². The standard InChI is InChI=1S/C25H24ClN3O3/c1-31-23-10-5-2-7-20(23)25(30)27-17-24-28-21-8-3-4-9-22(21)29(24)15-6-16-32-19-13-11-18(26)12-14-19/h2-5,7-14H,6,15-17H2,1H3,(H,27,30). The number of carbonyl (C=O) groups is 1. The lowest BCUT2D eigenvalue weighted by Crippen LogP contribution is -2.25. The molecule has 1 aromatic heterocycles. The van der Waals surface area contributed by atoms with E-state index >= 15 is 0 Å². The topological polar surface area (TPSA) is 65.4 Å². The van der Waals surface area contributed by atoms with Crippen molar-refractivity contribution in [3.05, 3.63) is 89.2 Å². The molecule has 32 heavy (non-hydrogen) atoms. The van der Waals surface area contributed by atoms with E-state index in [1.165, 1.54) is 0 Å². The molecule has 1 N–H and O–H groups in total. The minimum Gasteiger partial charge on any atom is -0.496 e. The molecule has 0 fully saturated rings. The number of para-hydroxylation sites is 3. The van der Waals surface area contributed by atoms with Crippen LogP contribution in [0.5, 0.6) is 11.5 Å². The Morgan fingerprint density at radius 3 is 2.59 bits per heavy atom. The van der Waals surface area contributed by atoms with Gasteiger partial charge in [-0.05, 0) is 55.0 Å². The van der Waals surface area contributed by atoms with Crippen molar-refractivity contribution in [2.24, 2.45) is 0 Å². The van der Waals surface area contributed by atoms with Crippen LogP contribution in [0.1, 0.15) is 22.6 Å². The van der Waals surface area contributed by atoms with Crippen LogP contribution in [0.15, 0.2) is 72.8 Å². The number of ether oxygens (including phenoxy) is 2. The van der Waals surface area contributed by atoms with Gasteiger partial charge in [-0.1, -0.05) is 35.9 Å². The molecule has 164 valence electrons. The number of hydrogen-bond acceptors (Lipinski definition) is 4. The highest BCUT2D eigenvalue weighted by atomic mass is 35.5. The summed E-state index contributed by atoms with van der Waals surface area (Å²) in [6.45, 7) is 1.58. The lowest BCUT2D eigenvalue weighted by atomic mass is 10.2. The van der Waals surface area contributed by atoms with Crippen molar-refractivity contribution >= 4 is 28.5 Å². The van der Waals surface area contributed by atoms with E-state index in [0.29, 0.717) is 36.0 Å². The molecule has 0 aliphatic rings. The van der Waals surface area contributed by atoms with Crippen molar-refractivity contribution < 1.29 is 14.3 Å². The number of amides is 1. The molecule has 0 bridgehead atoms. The van der Waals surface area contributed by atoms with E-state index in [0.717, 1.165) is 29.0 Å². The van der Waals surface area contributed by atoms with Gasteiger partial charge in [-0.25, -0.2) is 4.98 Å². The van der Waals surface area contributed by atoms with Gasteiger partial charge in [-0.15, -0.1) is 0 Å². The lowest BCUT2D eigenvalue weighted by molar-refractivity contribution is 0.0946. The first kappa shape index (κ1) is 21.7. The molecule has 0 saturated carbocycles. The molecule has 1 heterocycles. The van der Waals surface area contributed by atoms with Crippen LogP contribution < -0.4 is 14.8 Å². The molecular weight excluding hydrogens is 426 g/mol. The molecule has 1 amide bonds. The normalized spacial score (nSPS) is 10.8. The third kappa shape index (κ3) is 5.03. The zero-order valence-electron chi connectivity index (χ0n) is 17.8. The van der Waals surface area contributed by atoms with E-state index in [1.54, 1.807) is 19.2 Å². The van der Waals surface area contributed by atoms with E-state index in [2.05, 4.69) is 9.88 Å². The average molecular weight is 450 g/mol. The van der Waals surface area contributed by atoms with Gasteiger partial charge in [-0.2, -0.15) is 0 Å². The van der Waals surface area contributed by atoms with Crippen molar-refractivity contribution in [2.75, 3.05) is 13.7 Å². The molecular formula is C25H24ClN3O3. The van der Waals surface area contributed by atoms with Gasteiger partial charge in [0.15, 0.2) is 0 Å². The molecule has 4 aromatic rings. The molecule has 0 aliphatic heterocycles. The first-order chi connectivity index (χ1) is 15.7. The van der Waals surface area contributed by atoms with Crippen LogP contribution in [0.2, 0.25) is 5.02 Å². The van der Waals surface area contributed by atoms with E-state index in [1.807, 2.05) is 60.7 Å². The number of hydrogen-bond donors (Lipinski definition) is 1. The summed E-state index contributed by atoms with van der Waals surface area (Å²) in [5.74, 6) is 1.92. The highest BCUT2D eigenvalue weighted by molar-refractivity contribution is 6.30. The molecule has 7 heteroatoms. The minimum atomic E-state index is -0.202. The van der Waals surface area contributed by atoms with Crippen LogP contribution in [0.3, 0.4) is 0 Å². The largest absolute Gasteiger partial charge is 0.496 e. The molecule has 4 rings (SSSR count). The van der Waals surface area contributed by atoms with Crippen LogP contribution in [0, 0.1) is 0 Å². The van der Waals surface area contributed by atoms with Gasteiger partial charge >= 0.3 is 0 Å². The van der Waals surface area contributed by atoms with Crippen LogP contribution >= 0.6 is 11.6 Å². The fraction of sp³-hybridized carbons (Fsp3) is 0.200. The molecule has 3 aromatic carbocycles. The Bertz CT molecular complexity index is 1200. The number of nitrogens with zero attached hydrogens (tertiary/aromatic N) is 2. The Kier molecular flexibility index (Phi) is 6.92. The lowest BCUT2D eigenvalue weighted by Gasteiger charge is -2.12. The van der Waals surface area contributed by atoms with E-state index in [9.17, 15) is 4.79 Å². The van der Waals surface area contributed by atoms with Crippen molar-refractivity contribution in [3.8, 4) is 11.5 Å². The number of benzene rings is 3. The van der Waals surface area contributed by atoms with E-state index in [-0.39, 0.29) is 5.91 Å². The second-order valence-corrected chi connectivity index (χ2v) is 7.64. The average Bonchev–Trinajstić information content (AvgIpc) is 3.18. The second-order valence-electron chi connectivity index (χ2n) is 7.21. The Morgan fingerprint density at radius 1 is 1.03 bits per heavy atom. The fourth-order valence-electron chi connectivity index (χ4n) is 3.54. The van der Waals surface area contributed by atoms with E-state index < -0.39 is 0 Å². The summed E-state index contributed by atoms with van der Waals surface area (Å²) in [6, 6.07) is 22.4. The Balaban J connectivity index is 1.44. The first-order valence-corrected chi connectivity index (χ1v) is 10.8. The number of nitrogens with one attached hydrogen (secondary N) is 1. The van der Waals surface area contributed by atoms with E-state index in [4.69, 9.17) is 26.1 Å². The zero-order chi connectivity index (χ0) is 22.3. The molecule has 6 nitrogen and oxygen atoms in total. The maximum Gasteiger partial charge on any atom is 0.255 e. The van der Waals surface area contributed by atoms with Gasteiger partial charge < -0.3 is 19.4 Å². The van der Waals surface area contributed by atoms with Crippen LogP contribution in [-0.4, -0.2) is 29.2 Å². The molecule has 0 unspecified atom stereocenters. The van der Waals surface area contributed by atoms with Crippen molar-refractivity contribution in [1.29, 1.82) is 0 Å². The predicted octanol–water partition coefficient (Wildman–Crippen LogP) is 5.10. The monoisotopic (exact) mass is 449 g/mol. The minimum absolute atomic E-state index is 0.202.